The highest BCUT2D eigenvalue weighted by molar-refractivity contribution is 5.78. The number of carbonyl (C=O) groups is 1. The lowest BCUT2D eigenvalue weighted by atomic mass is 10.1. The summed E-state index contributed by atoms with van der Waals surface area (Å²) in [5, 5.41) is 21.3. The average molecular weight is 433 g/mol. The van der Waals surface area contributed by atoms with E-state index < -0.39 is 5.97 Å². The molecule has 0 aliphatic heterocycles. The Kier molecular flexibility index (Phi) is 6.98. The first-order valence-electron chi connectivity index (χ1n) is 10.3. The number of aliphatic carboxylic acids is 1. The second kappa shape index (κ2) is 10.5. The predicted octanol–water partition coefficient (Wildman–Crippen LogP) is 2.69. The molecule has 2 aromatic heterocycles. The normalized spacial score (nSPS) is 11.0. The van der Waals surface area contributed by atoms with Crippen molar-refractivity contribution in [2.45, 2.75) is 26.0 Å². The molecule has 9 nitrogen and oxygen atoms in total. The van der Waals surface area contributed by atoms with Crippen molar-refractivity contribution in [3.63, 3.8) is 0 Å². The molecular formula is C23H23N5O4. The fraction of sp³-hybridized carbons (Fsp3) is 0.261. The van der Waals surface area contributed by atoms with Gasteiger partial charge in [-0.2, -0.15) is 4.80 Å². The van der Waals surface area contributed by atoms with Crippen molar-refractivity contribution in [2.24, 2.45) is 0 Å². The molecule has 0 aliphatic rings. The zero-order valence-corrected chi connectivity index (χ0v) is 17.4. The highest BCUT2D eigenvalue weighted by Gasteiger charge is 2.06. The van der Waals surface area contributed by atoms with Crippen LogP contribution in [0.3, 0.4) is 0 Å². The lowest BCUT2D eigenvalue weighted by Crippen LogP contribution is -2.12. The molecule has 0 spiro atoms. The van der Waals surface area contributed by atoms with Gasteiger partial charge in [-0.15, -0.1) is 10.2 Å². The highest BCUT2D eigenvalue weighted by atomic mass is 16.5. The lowest BCUT2D eigenvalue weighted by molar-refractivity contribution is -0.138. The van der Waals surface area contributed by atoms with Crippen molar-refractivity contribution in [1.82, 2.24) is 25.2 Å². The van der Waals surface area contributed by atoms with Gasteiger partial charge in [0.2, 0.25) is 0 Å². The number of pyridine rings is 1. The van der Waals surface area contributed by atoms with Crippen LogP contribution in [0.15, 0.2) is 60.7 Å². The number of ether oxygens (including phenoxy) is 2. The molecule has 0 saturated carbocycles. The van der Waals surface area contributed by atoms with Crippen LogP contribution in [-0.2, 0) is 35.5 Å². The number of para-hydroxylation sites is 1. The van der Waals surface area contributed by atoms with Crippen molar-refractivity contribution < 1.29 is 19.4 Å². The van der Waals surface area contributed by atoms with Gasteiger partial charge >= 0.3 is 5.97 Å². The molecule has 2 heterocycles. The molecule has 9 heteroatoms. The minimum absolute atomic E-state index is 0.302. The molecule has 1 N–H and O–H groups in total. The quantitative estimate of drug-likeness (QED) is 0.359. The second-order valence-electron chi connectivity index (χ2n) is 7.17. The molecule has 0 atom stereocenters. The van der Waals surface area contributed by atoms with E-state index in [0.717, 1.165) is 39.1 Å². The fourth-order valence-corrected chi connectivity index (χ4v) is 3.16. The Morgan fingerprint density at radius 3 is 2.78 bits per heavy atom. The Morgan fingerprint density at radius 1 is 1.00 bits per heavy atom. The zero-order valence-electron chi connectivity index (χ0n) is 17.4. The van der Waals surface area contributed by atoms with Crippen LogP contribution in [0.2, 0.25) is 0 Å². The molecule has 0 aliphatic carbocycles. The number of carboxylic acids is 1. The van der Waals surface area contributed by atoms with Crippen molar-refractivity contribution >= 4 is 16.9 Å². The van der Waals surface area contributed by atoms with Gasteiger partial charge < -0.3 is 14.6 Å². The summed E-state index contributed by atoms with van der Waals surface area (Å²) in [4.78, 5) is 16.3. The number of benzene rings is 2. The third-order valence-corrected chi connectivity index (χ3v) is 4.72. The van der Waals surface area contributed by atoms with Gasteiger partial charge in [0.05, 0.1) is 24.4 Å². The van der Waals surface area contributed by atoms with Gasteiger partial charge in [-0.25, -0.2) is 4.98 Å². The summed E-state index contributed by atoms with van der Waals surface area (Å²) in [5.74, 6) is 0.241. The van der Waals surface area contributed by atoms with Gasteiger partial charge in [0, 0.05) is 11.8 Å². The van der Waals surface area contributed by atoms with Crippen molar-refractivity contribution in [1.29, 1.82) is 0 Å². The molecule has 32 heavy (non-hydrogen) atoms. The monoisotopic (exact) mass is 433 g/mol. The van der Waals surface area contributed by atoms with Crippen molar-refractivity contribution in [3.8, 4) is 5.75 Å². The van der Waals surface area contributed by atoms with E-state index in [-0.39, 0.29) is 6.54 Å². The number of hydrogen-bond acceptors (Lipinski definition) is 7. The first-order chi connectivity index (χ1) is 15.7. The van der Waals surface area contributed by atoms with Crippen LogP contribution in [0.1, 0.15) is 17.1 Å². The van der Waals surface area contributed by atoms with Gasteiger partial charge in [0.25, 0.3) is 0 Å². The maximum atomic E-state index is 10.6. The third-order valence-electron chi connectivity index (χ3n) is 4.72. The molecule has 2 aromatic carbocycles. The summed E-state index contributed by atoms with van der Waals surface area (Å²) in [6, 6.07) is 20.0. The first kappa shape index (κ1) is 21.4. The molecule has 0 bridgehead atoms. The Morgan fingerprint density at radius 2 is 1.88 bits per heavy atom. The lowest BCUT2D eigenvalue weighted by Gasteiger charge is -2.09. The van der Waals surface area contributed by atoms with Crippen LogP contribution in [0.4, 0.5) is 0 Å². The molecule has 4 rings (SSSR count). The molecule has 0 fully saturated rings. The Hall–Kier alpha value is -3.85. The molecule has 0 saturated heterocycles. The second-order valence-corrected chi connectivity index (χ2v) is 7.17. The van der Waals surface area contributed by atoms with Gasteiger partial charge in [0.1, 0.15) is 12.4 Å². The van der Waals surface area contributed by atoms with E-state index >= 15 is 0 Å². The Bertz CT molecular complexity index is 1190. The summed E-state index contributed by atoms with van der Waals surface area (Å²) in [5.41, 5.74) is 2.95. The van der Waals surface area contributed by atoms with Crippen LogP contribution in [0.5, 0.6) is 5.75 Å². The van der Waals surface area contributed by atoms with E-state index in [1.54, 1.807) is 0 Å². The summed E-state index contributed by atoms with van der Waals surface area (Å²) in [6.07, 6.45) is 1.21. The van der Waals surface area contributed by atoms with E-state index in [9.17, 15) is 4.79 Å². The van der Waals surface area contributed by atoms with Crippen LogP contribution in [-0.4, -0.2) is 49.5 Å². The van der Waals surface area contributed by atoms with Gasteiger partial charge in [-0.3, -0.25) is 4.79 Å². The summed E-state index contributed by atoms with van der Waals surface area (Å²) in [6.45, 7) is 1.07. The number of fused-ring (bicyclic) bond motifs is 1. The minimum atomic E-state index is -1.01. The SMILES string of the molecule is O=C(O)Cn1nnc(CCOCCc2cccc(OCc3ccc4ccccc4n3)c2)n1. The largest absolute Gasteiger partial charge is 0.487 e. The molecule has 0 unspecified atom stereocenters. The first-order valence-corrected chi connectivity index (χ1v) is 10.3. The molecule has 164 valence electrons. The van der Waals surface area contributed by atoms with E-state index in [1.165, 1.54) is 0 Å². The fourth-order valence-electron chi connectivity index (χ4n) is 3.16. The zero-order chi connectivity index (χ0) is 22.2. The van der Waals surface area contributed by atoms with E-state index in [0.29, 0.717) is 32.1 Å². The van der Waals surface area contributed by atoms with E-state index in [2.05, 4.69) is 26.5 Å². The molecular weight excluding hydrogens is 410 g/mol. The number of rotatable bonds is 11. The van der Waals surface area contributed by atoms with Crippen LogP contribution in [0, 0.1) is 0 Å². The van der Waals surface area contributed by atoms with Crippen molar-refractivity contribution in [2.75, 3.05) is 13.2 Å². The average Bonchev–Trinajstić information content (AvgIpc) is 3.24. The number of aromatic nitrogens is 5. The summed E-state index contributed by atoms with van der Waals surface area (Å²) < 4.78 is 11.6. The van der Waals surface area contributed by atoms with Crippen LogP contribution in [0.25, 0.3) is 10.9 Å². The number of carboxylic acid groups (broad SMARTS) is 1. The maximum absolute atomic E-state index is 10.6. The Labute approximate surface area is 184 Å². The van der Waals surface area contributed by atoms with Crippen LogP contribution >= 0.6 is 0 Å². The molecule has 0 amide bonds. The maximum Gasteiger partial charge on any atom is 0.327 e. The Balaban J connectivity index is 1.20. The molecule has 0 radical (unpaired) electrons. The third kappa shape index (κ3) is 6.08. The predicted molar refractivity (Wildman–Crippen MR) is 116 cm³/mol. The van der Waals surface area contributed by atoms with Crippen molar-refractivity contribution in [3.05, 3.63) is 77.7 Å². The highest BCUT2D eigenvalue weighted by Crippen LogP contribution is 2.17. The molecule has 4 aromatic rings. The van der Waals surface area contributed by atoms with E-state index in [4.69, 9.17) is 14.6 Å². The summed E-state index contributed by atoms with van der Waals surface area (Å²) in [7, 11) is 0. The standard InChI is InChI=1S/C23H23N5O4/c29-23(30)15-28-26-22(25-27-28)11-13-31-12-10-17-4-3-6-20(14-17)32-16-19-9-8-18-5-1-2-7-21(18)24-19/h1-9,14H,10-13,15-16H2,(H,29,30). The summed E-state index contributed by atoms with van der Waals surface area (Å²) >= 11 is 0. The number of nitrogens with zero attached hydrogens (tertiary/aromatic N) is 5. The van der Waals surface area contributed by atoms with Gasteiger partial charge in [-0.05, 0) is 41.5 Å². The van der Waals surface area contributed by atoms with Crippen LogP contribution < -0.4 is 4.74 Å². The number of hydrogen-bond donors (Lipinski definition) is 1. The van der Waals surface area contributed by atoms with E-state index in [1.807, 2.05) is 54.6 Å². The van der Waals surface area contributed by atoms with Gasteiger partial charge in [-0.1, -0.05) is 36.4 Å². The minimum Gasteiger partial charge on any atom is -0.487 e. The topological polar surface area (TPSA) is 112 Å². The number of tetrazole rings is 1. The van der Waals surface area contributed by atoms with Gasteiger partial charge in [0.15, 0.2) is 12.4 Å². The smallest absolute Gasteiger partial charge is 0.327 e.